The minimum Gasteiger partial charge on any atom is -0.485 e. The van der Waals surface area contributed by atoms with Crippen LogP contribution in [0.2, 0.25) is 5.02 Å². The molecule has 4 heteroatoms. The van der Waals surface area contributed by atoms with Crippen molar-refractivity contribution in [2.75, 3.05) is 6.61 Å². The van der Waals surface area contributed by atoms with E-state index in [1.807, 2.05) is 49.4 Å². The van der Waals surface area contributed by atoms with Gasteiger partial charge < -0.3 is 9.47 Å². The molecule has 0 N–H and O–H groups in total. The van der Waals surface area contributed by atoms with Gasteiger partial charge in [-0.25, -0.2) is 4.98 Å². The Balaban J connectivity index is 1.92. The van der Waals surface area contributed by atoms with Crippen molar-refractivity contribution in [1.29, 1.82) is 0 Å². The zero-order valence-corrected chi connectivity index (χ0v) is 11.5. The Morgan fingerprint density at radius 2 is 1.95 bits per heavy atom. The van der Waals surface area contributed by atoms with Gasteiger partial charge >= 0.3 is 0 Å². The van der Waals surface area contributed by atoms with Crippen molar-refractivity contribution in [3.63, 3.8) is 0 Å². The maximum absolute atomic E-state index is 6.06. The van der Waals surface area contributed by atoms with Gasteiger partial charge in [0.2, 0.25) is 5.88 Å². The molecule has 0 saturated carbocycles. The summed E-state index contributed by atoms with van der Waals surface area (Å²) >= 11 is 6.06. The molecule has 0 aliphatic heterocycles. The Morgan fingerprint density at radius 3 is 2.63 bits per heavy atom. The van der Waals surface area contributed by atoms with Crippen molar-refractivity contribution in [2.45, 2.75) is 19.4 Å². The van der Waals surface area contributed by atoms with Gasteiger partial charge in [0.05, 0.1) is 5.02 Å². The van der Waals surface area contributed by atoms with Crippen LogP contribution in [0.15, 0.2) is 48.7 Å². The summed E-state index contributed by atoms with van der Waals surface area (Å²) in [5.41, 5.74) is 0. The Morgan fingerprint density at radius 1 is 1.16 bits per heavy atom. The van der Waals surface area contributed by atoms with Gasteiger partial charge in [0.15, 0.2) is 0 Å². The number of para-hydroxylation sites is 1. The van der Waals surface area contributed by atoms with Crippen LogP contribution in [0.3, 0.4) is 0 Å². The van der Waals surface area contributed by atoms with Crippen LogP contribution < -0.4 is 9.47 Å². The largest absolute Gasteiger partial charge is 0.485 e. The van der Waals surface area contributed by atoms with Crippen molar-refractivity contribution in [1.82, 2.24) is 4.98 Å². The molecule has 2 rings (SSSR count). The van der Waals surface area contributed by atoms with Gasteiger partial charge in [-0.15, -0.1) is 0 Å². The van der Waals surface area contributed by atoms with Crippen LogP contribution in [0.25, 0.3) is 0 Å². The summed E-state index contributed by atoms with van der Waals surface area (Å²) in [5.74, 6) is 1.28. The van der Waals surface area contributed by atoms with E-state index in [0.29, 0.717) is 23.3 Å². The number of benzene rings is 1. The van der Waals surface area contributed by atoms with E-state index < -0.39 is 0 Å². The van der Waals surface area contributed by atoms with E-state index in [0.717, 1.165) is 6.42 Å². The lowest BCUT2D eigenvalue weighted by molar-refractivity contribution is 0.122. The van der Waals surface area contributed by atoms with Crippen LogP contribution in [-0.4, -0.2) is 17.7 Å². The van der Waals surface area contributed by atoms with Crippen LogP contribution in [0.5, 0.6) is 11.6 Å². The summed E-state index contributed by atoms with van der Waals surface area (Å²) in [6.45, 7) is 2.49. The molecule has 0 amide bonds. The molecular formula is C15H16ClNO2. The SMILES string of the molecule is CCC(COc1ccccn1)Oc1ccccc1Cl. The lowest BCUT2D eigenvalue weighted by atomic mass is 10.3. The number of pyridine rings is 1. The molecule has 3 nitrogen and oxygen atoms in total. The van der Waals surface area contributed by atoms with Crippen LogP contribution in [0, 0.1) is 0 Å². The minimum absolute atomic E-state index is 0.0538. The minimum atomic E-state index is -0.0538. The maximum atomic E-state index is 6.06. The molecule has 0 aliphatic rings. The summed E-state index contributed by atoms with van der Waals surface area (Å²) in [5, 5.41) is 0.610. The first-order valence-electron chi connectivity index (χ1n) is 6.24. The highest BCUT2D eigenvalue weighted by molar-refractivity contribution is 6.32. The van der Waals surface area contributed by atoms with Gasteiger partial charge in [0.1, 0.15) is 18.5 Å². The quantitative estimate of drug-likeness (QED) is 0.800. The van der Waals surface area contributed by atoms with Gasteiger partial charge in [0.25, 0.3) is 0 Å². The summed E-state index contributed by atoms with van der Waals surface area (Å²) < 4.78 is 11.4. The topological polar surface area (TPSA) is 31.4 Å². The Labute approximate surface area is 118 Å². The van der Waals surface area contributed by atoms with Gasteiger partial charge in [-0.3, -0.25) is 0 Å². The first kappa shape index (κ1) is 13.7. The monoisotopic (exact) mass is 277 g/mol. The molecule has 0 spiro atoms. The third kappa shape index (κ3) is 4.14. The predicted octanol–water partition coefficient (Wildman–Crippen LogP) is 3.97. The molecular weight excluding hydrogens is 262 g/mol. The molecule has 1 aromatic heterocycles. The average Bonchev–Trinajstić information content (AvgIpc) is 2.46. The molecule has 19 heavy (non-hydrogen) atoms. The zero-order valence-electron chi connectivity index (χ0n) is 10.8. The molecule has 1 atom stereocenters. The fourth-order valence-electron chi connectivity index (χ4n) is 1.57. The molecule has 100 valence electrons. The maximum Gasteiger partial charge on any atom is 0.213 e. The number of nitrogens with zero attached hydrogens (tertiary/aromatic N) is 1. The molecule has 1 aromatic carbocycles. The highest BCUT2D eigenvalue weighted by Crippen LogP contribution is 2.24. The normalized spacial score (nSPS) is 11.9. The average molecular weight is 278 g/mol. The van der Waals surface area contributed by atoms with Crippen LogP contribution in [0.1, 0.15) is 13.3 Å². The van der Waals surface area contributed by atoms with Crippen LogP contribution in [0.4, 0.5) is 0 Å². The molecule has 0 aliphatic carbocycles. The Hall–Kier alpha value is -1.74. The van der Waals surface area contributed by atoms with E-state index >= 15 is 0 Å². The van der Waals surface area contributed by atoms with Crippen molar-refractivity contribution in [3.05, 3.63) is 53.7 Å². The fourth-order valence-corrected chi connectivity index (χ4v) is 1.75. The second kappa shape index (κ2) is 7.00. The van der Waals surface area contributed by atoms with Crippen molar-refractivity contribution < 1.29 is 9.47 Å². The standard InChI is InChI=1S/C15H16ClNO2/c1-2-12(11-18-15-9-5-6-10-17-15)19-14-8-4-3-7-13(14)16/h3-10,12H,2,11H2,1H3. The number of hydrogen-bond acceptors (Lipinski definition) is 3. The fraction of sp³-hybridized carbons (Fsp3) is 0.267. The highest BCUT2D eigenvalue weighted by Gasteiger charge is 2.11. The number of rotatable bonds is 6. The van der Waals surface area contributed by atoms with Crippen LogP contribution in [-0.2, 0) is 0 Å². The summed E-state index contributed by atoms with van der Waals surface area (Å²) in [6.07, 6.45) is 2.48. The van der Waals surface area contributed by atoms with Gasteiger partial charge in [-0.2, -0.15) is 0 Å². The smallest absolute Gasteiger partial charge is 0.213 e. The van der Waals surface area contributed by atoms with E-state index in [1.54, 1.807) is 6.20 Å². The van der Waals surface area contributed by atoms with Gasteiger partial charge in [0, 0.05) is 12.3 Å². The Kier molecular flexibility index (Phi) is 5.04. The molecule has 0 bridgehead atoms. The van der Waals surface area contributed by atoms with Crippen molar-refractivity contribution >= 4 is 11.6 Å². The van der Waals surface area contributed by atoms with Crippen LogP contribution >= 0.6 is 11.6 Å². The summed E-state index contributed by atoms with van der Waals surface area (Å²) in [6, 6.07) is 13.0. The molecule has 1 unspecified atom stereocenters. The number of ether oxygens (including phenoxy) is 2. The number of aromatic nitrogens is 1. The number of hydrogen-bond donors (Lipinski definition) is 0. The zero-order chi connectivity index (χ0) is 13.5. The predicted molar refractivity (Wildman–Crippen MR) is 75.9 cm³/mol. The third-order valence-corrected chi connectivity index (χ3v) is 2.95. The summed E-state index contributed by atoms with van der Waals surface area (Å²) in [4.78, 5) is 4.11. The molecule has 0 fully saturated rings. The highest BCUT2D eigenvalue weighted by atomic mass is 35.5. The molecule has 0 radical (unpaired) electrons. The van der Waals surface area contributed by atoms with Crippen molar-refractivity contribution in [2.24, 2.45) is 0 Å². The lowest BCUT2D eigenvalue weighted by Gasteiger charge is -2.18. The molecule has 1 heterocycles. The van der Waals surface area contributed by atoms with E-state index in [1.165, 1.54) is 0 Å². The van der Waals surface area contributed by atoms with E-state index in [-0.39, 0.29) is 6.10 Å². The third-order valence-electron chi connectivity index (χ3n) is 2.64. The van der Waals surface area contributed by atoms with E-state index in [4.69, 9.17) is 21.1 Å². The molecule has 2 aromatic rings. The summed E-state index contributed by atoms with van der Waals surface area (Å²) in [7, 11) is 0. The second-order valence-corrected chi connectivity index (χ2v) is 4.46. The van der Waals surface area contributed by atoms with Gasteiger partial charge in [-0.05, 0) is 24.6 Å². The van der Waals surface area contributed by atoms with E-state index in [9.17, 15) is 0 Å². The van der Waals surface area contributed by atoms with E-state index in [2.05, 4.69) is 4.98 Å². The first-order chi connectivity index (χ1) is 9.29. The lowest BCUT2D eigenvalue weighted by Crippen LogP contribution is -2.24. The number of halogens is 1. The first-order valence-corrected chi connectivity index (χ1v) is 6.62. The van der Waals surface area contributed by atoms with Gasteiger partial charge in [-0.1, -0.05) is 36.7 Å². The van der Waals surface area contributed by atoms with Crippen molar-refractivity contribution in [3.8, 4) is 11.6 Å². The Bertz CT molecular complexity index is 505. The second-order valence-electron chi connectivity index (χ2n) is 4.06. The molecule has 0 saturated heterocycles.